The number of benzene rings is 9. The first kappa shape index (κ1) is 30.2. The number of para-hydroxylation sites is 4. The monoisotopic (exact) mass is 746 g/mol. The van der Waals surface area contributed by atoms with E-state index in [2.05, 4.69) is 195 Å². The summed E-state index contributed by atoms with van der Waals surface area (Å²) in [6.07, 6.45) is 0. The number of hydrogen-bond acceptors (Lipinski definition) is 1. The second-order valence-electron chi connectivity index (χ2n) is 16.3. The third kappa shape index (κ3) is 3.60. The van der Waals surface area contributed by atoms with E-state index in [0.717, 1.165) is 22.4 Å². The molecule has 4 nitrogen and oxygen atoms in total. The van der Waals surface area contributed by atoms with Crippen LogP contribution in [0.4, 0.5) is 0 Å². The third-order valence-corrected chi connectivity index (χ3v) is 13.4. The molecule has 15 aromatic rings. The van der Waals surface area contributed by atoms with Crippen molar-refractivity contribution in [1.82, 2.24) is 18.4 Å². The summed E-state index contributed by atoms with van der Waals surface area (Å²) in [6.45, 7) is 0. The minimum absolute atomic E-state index is 1.000. The molecule has 0 bridgehead atoms. The topological polar surface area (TPSA) is 26.6 Å². The Balaban J connectivity index is 1.12. The Bertz CT molecular complexity index is 4300. The molecule has 0 saturated heterocycles. The van der Waals surface area contributed by atoms with Gasteiger partial charge in [0.15, 0.2) is 0 Å². The molecule has 0 fully saturated rings. The van der Waals surface area contributed by atoms with Gasteiger partial charge in [-0.05, 0) is 81.7 Å². The number of hydrogen-bond donors (Lipinski definition) is 0. The molecule has 0 aliphatic carbocycles. The highest BCUT2D eigenvalue weighted by Gasteiger charge is 2.26. The van der Waals surface area contributed by atoms with Crippen LogP contribution in [0.15, 0.2) is 182 Å². The number of nitrogens with zero attached hydrogens (tertiary/aromatic N) is 4. The average Bonchev–Trinajstić information content (AvgIpc) is 4.08. The van der Waals surface area contributed by atoms with Crippen LogP contribution in [0.1, 0.15) is 0 Å². The molecule has 0 aliphatic rings. The summed E-state index contributed by atoms with van der Waals surface area (Å²) < 4.78 is 7.37. The average molecular weight is 747 g/mol. The van der Waals surface area contributed by atoms with Gasteiger partial charge in [0.1, 0.15) is 5.65 Å². The third-order valence-electron chi connectivity index (χ3n) is 13.4. The zero-order valence-electron chi connectivity index (χ0n) is 31.6. The zero-order valence-corrected chi connectivity index (χ0v) is 31.6. The van der Waals surface area contributed by atoms with Crippen molar-refractivity contribution in [2.45, 2.75) is 0 Å². The van der Waals surface area contributed by atoms with Gasteiger partial charge in [0, 0.05) is 59.7 Å². The predicted molar refractivity (Wildman–Crippen MR) is 248 cm³/mol. The van der Waals surface area contributed by atoms with Gasteiger partial charge in [0.2, 0.25) is 0 Å². The molecule has 4 heteroatoms. The van der Waals surface area contributed by atoms with Crippen LogP contribution in [0.25, 0.3) is 137 Å². The van der Waals surface area contributed by atoms with Crippen molar-refractivity contribution in [3.63, 3.8) is 0 Å². The van der Waals surface area contributed by atoms with Gasteiger partial charge in [-0.3, -0.25) is 4.40 Å². The van der Waals surface area contributed by atoms with E-state index in [9.17, 15) is 0 Å². The fourth-order valence-electron chi connectivity index (χ4n) is 11.1. The molecule has 0 saturated carbocycles. The smallest absolute Gasteiger partial charge is 0.146 e. The SMILES string of the molecule is c1ccc(-n2c3ccccc3c3cc(-c4c5ccccc5cc5c6cccc7c8cc9c(nc8n(c45)c76)c4cc5ccccc5c5c6ccccc6n9c45)ccc32)cc1. The fraction of sp³-hybridized carbons (Fsp3) is 0. The minimum atomic E-state index is 1.000. The van der Waals surface area contributed by atoms with Crippen molar-refractivity contribution in [1.29, 1.82) is 0 Å². The molecule has 0 radical (unpaired) electrons. The first-order valence-electron chi connectivity index (χ1n) is 20.4. The van der Waals surface area contributed by atoms with Gasteiger partial charge in [-0.25, -0.2) is 4.98 Å². The van der Waals surface area contributed by atoms with Gasteiger partial charge in [-0.1, -0.05) is 127 Å². The van der Waals surface area contributed by atoms with E-state index in [0.29, 0.717) is 0 Å². The van der Waals surface area contributed by atoms with E-state index in [-0.39, 0.29) is 0 Å². The number of pyridine rings is 1. The molecular weight excluding hydrogens is 717 g/mol. The van der Waals surface area contributed by atoms with Gasteiger partial charge in [0.05, 0.1) is 44.1 Å². The maximum absolute atomic E-state index is 5.80. The molecule has 270 valence electrons. The molecule has 6 heterocycles. The van der Waals surface area contributed by atoms with Crippen molar-refractivity contribution < 1.29 is 0 Å². The van der Waals surface area contributed by atoms with Crippen LogP contribution in [-0.2, 0) is 0 Å². The number of aromatic nitrogens is 4. The largest absolute Gasteiger partial charge is 0.309 e. The first-order valence-corrected chi connectivity index (χ1v) is 20.4. The Labute approximate surface area is 335 Å². The van der Waals surface area contributed by atoms with Crippen LogP contribution in [0.3, 0.4) is 0 Å². The van der Waals surface area contributed by atoms with E-state index in [4.69, 9.17) is 4.98 Å². The Morgan fingerprint density at radius 3 is 1.83 bits per heavy atom. The molecule has 0 atom stereocenters. The quantitative estimate of drug-likeness (QED) is 0.173. The Morgan fingerprint density at radius 1 is 0.339 bits per heavy atom. The summed E-state index contributed by atoms with van der Waals surface area (Å²) in [5.74, 6) is 0. The summed E-state index contributed by atoms with van der Waals surface area (Å²) in [5.41, 5.74) is 14.1. The lowest BCUT2D eigenvalue weighted by molar-refractivity contribution is 1.18. The molecule has 0 N–H and O–H groups in total. The van der Waals surface area contributed by atoms with E-state index in [1.54, 1.807) is 0 Å². The lowest BCUT2D eigenvalue weighted by Gasteiger charge is -2.12. The fourth-order valence-corrected chi connectivity index (χ4v) is 11.1. The second kappa shape index (κ2) is 10.5. The van der Waals surface area contributed by atoms with Crippen LogP contribution in [-0.4, -0.2) is 18.4 Å². The van der Waals surface area contributed by atoms with E-state index in [1.165, 1.54) is 114 Å². The summed E-state index contributed by atoms with van der Waals surface area (Å²) in [5, 5.41) is 16.2. The lowest BCUT2D eigenvalue weighted by Crippen LogP contribution is -1.93. The highest BCUT2D eigenvalue weighted by atomic mass is 15.0. The molecule has 0 amide bonds. The minimum Gasteiger partial charge on any atom is -0.309 e. The van der Waals surface area contributed by atoms with Crippen molar-refractivity contribution in [2.75, 3.05) is 0 Å². The second-order valence-corrected chi connectivity index (χ2v) is 16.3. The van der Waals surface area contributed by atoms with Gasteiger partial charge < -0.3 is 8.97 Å². The Kier molecular flexibility index (Phi) is 5.38. The predicted octanol–water partition coefficient (Wildman–Crippen LogP) is 14.5. The van der Waals surface area contributed by atoms with Crippen molar-refractivity contribution in [3.8, 4) is 16.8 Å². The van der Waals surface area contributed by atoms with Crippen molar-refractivity contribution in [3.05, 3.63) is 182 Å². The maximum Gasteiger partial charge on any atom is 0.146 e. The van der Waals surface area contributed by atoms with Crippen molar-refractivity contribution in [2.24, 2.45) is 0 Å². The molecule has 0 spiro atoms. The molecule has 59 heavy (non-hydrogen) atoms. The highest BCUT2D eigenvalue weighted by Crippen LogP contribution is 2.48. The summed E-state index contributed by atoms with van der Waals surface area (Å²) in [4.78, 5) is 5.80. The molecule has 0 unspecified atom stereocenters. The molecule has 9 aromatic carbocycles. The van der Waals surface area contributed by atoms with Crippen LogP contribution in [0.5, 0.6) is 0 Å². The van der Waals surface area contributed by atoms with Gasteiger partial charge in [0.25, 0.3) is 0 Å². The maximum atomic E-state index is 5.80. The van der Waals surface area contributed by atoms with Crippen LogP contribution < -0.4 is 0 Å². The van der Waals surface area contributed by atoms with Gasteiger partial charge >= 0.3 is 0 Å². The Hall–Kier alpha value is -7.95. The zero-order chi connectivity index (χ0) is 38.1. The summed E-state index contributed by atoms with van der Waals surface area (Å²) in [6, 6.07) is 67.2. The van der Waals surface area contributed by atoms with Crippen LogP contribution in [0.2, 0.25) is 0 Å². The lowest BCUT2D eigenvalue weighted by atomic mass is 9.93. The van der Waals surface area contributed by atoms with Gasteiger partial charge in [-0.15, -0.1) is 0 Å². The van der Waals surface area contributed by atoms with E-state index in [1.807, 2.05) is 0 Å². The first-order chi connectivity index (χ1) is 29.3. The van der Waals surface area contributed by atoms with Gasteiger partial charge in [-0.2, -0.15) is 0 Å². The normalized spacial score (nSPS) is 12.7. The number of rotatable bonds is 2. The van der Waals surface area contributed by atoms with Crippen molar-refractivity contribution >= 4 is 120 Å². The van der Waals surface area contributed by atoms with E-state index < -0.39 is 0 Å². The van der Waals surface area contributed by atoms with Crippen LogP contribution >= 0.6 is 0 Å². The molecule has 15 rings (SSSR count). The summed E-state index contributed by atoms with van der Waals surface area (Å²) in [7, 11) is 0. The molecule has 6 aromatic heterocycles. The molecular formula is C55H30N4. The summed E-state index contributed by atoms with van der Waals surface area (Å²) >= 11 is 0. The molecule has 0 aliphatic heterocycles. The number of fused-ring (bicyclic) bond motifs is 18. The highest BCUT2D eigenvalue weighted by molar-refractivity contribution is 6.33. The van der Waals surface area contributed by atoms with E-state index >= 15 is 0 Å². The standard InChI is InChI=1S/C55H30N4/c1-2-15-34(16-3-1)57-45-23-10-8-19-37(45)41-29-33(25-26-47(41)57)49-35-17-6-4-13-31(35)27-42-38-21-12-22-39-43-30-48-51(56-55(43)59(52(38)39)53(42)49)44-28-32-14-5-7-18-36(32)50-40-20-9-11-24-46(40)58(48)54(44)50/h1-30H. The Morgan fingerprint density at radius 2 is 0.983 bits per heavy atom. The van der Waals surface area contributed by atoms with Crippen LogP contribution in [0, 0.1) is 0 Å².